The van der Waals surface area contributed by atoms with Crippen LogP contribution in [0.5, 0.6) is 0 Å². The first-order valence-corrected chi connectivity index (χ1v) is 11.1. The molecular formula is C26H26N6O. The first kappa shape index (κ1) is 22.3. The van der Waals surface area contributed by atoms with Gasteiger partial charge in [-0.25, -0.2) is 9.97 Å². The SMILES string of the molecule is CCCCc1ccc(C#N)cc1Nc1nccc(-c2cc(C#N)c3c(c2)[C@@](C)(CO)CN3)n1. The molecule has 1 atom stereocenters. The Balaban J connectivity index is 1.72. The number of nitrogens with one attached hydrogen (secondary N) is 2. The number of unbranched alkanes of at least 4 members (excludes halogenated alkanes) is 1. The number of rotatable bonds is 7. The van der Waals surface area contributed by atoms with Crippen molar-refractivity contribution in [2.24, 2.45) is 0 Å². The molecule has 1 aromatic heterocycles. The fourth-order valence-corrected chi connectivity index (χ4v) is 4.11. The van der Waals surface area contributed by atoms with Crippen molar-refractivity contribution in [2.45, 2.75) is 38.5 Å². The zero-order valence-corrected chi connectivity index (χ0v) is 18.8. The van der Waals surface area contributed by atoms with Crippen LogP contribution in [0.1, 0.15) is 48.9 Å². The largest absolute Gasteiger partial charge is 0.395 e. The molecule has 1 aliphatic rings. The van der Waals surface area contributed by atoms with Crippen LogP contribution in [0.15, 0.2) is 42.6 Å². The molecule has 3 N–H and O–H groups in total. The minimum atomic E-state index is -0.461. The third-order valence-corrected chi connectivity index (χ3v) is 6.15. The molecule has 0 radical (unpaired) electrons. The molecule has 0 spiro atoms. The number of aliphatic hydroxyl groups excluding tert-OH is 1. The summed E-state index contributed by atoms with van der Waals surface area (Å²) in [5, 5.41) is 35.5. The van der Waals surface area contributed by atoms with Crippen LogP contribution in [0.3, 0.4) is 0 Å². The van der Waals surface area contributed by atoms with Crippen LogP contribution < -0.4 is 10.6 Å². The van der Waals surface area contributed by atoms with Crippen LogP contribution in [0, 0.1) is 22.7 Å². The second-order valence-corrected chi connectivity index (χ2v) is 8.61. The molecule has 0 bridgehead atoms. The van der Waals surface area contributed by atoms with Gasteiger partial charge in [0.1, 0.15) is 6.07 Å². The molecule has 0 amide bonds. The number of hydrogen-bond acceptors (Lipinski definition) is 7. The topological polar surface area (TPSA) is 118 Å². The molecular weight excluding hydrogens is 412 g/mol. The molecule has 0 saturated heterocycles. The predicted molar refractivity (Wildman–Crippen MR) is 128 cm³/mol. The van der Waals surface area contributed by atoms with Crippen molar-refractivity contribution in [3.8, 4) is 23.4 Å². The van der Waals surface area contributed by atoms with Gasteiger partial charge in [-0.2, -0.15) is 10.5 Å². The Morgan fingerprint density at radius 2 is 2.03 bits per heavy atom. The summed E-state index contributed by atoms with van der Waals surface area (Å²) in [6.07, 6.45) is 4.69. The van der Waals surface area contributed by atoms with E-state index in [2.05, 4.69) is 34.7 Å². The molecule has 4 rings (SSSR count). The number of anilines is 3. The summed E-state index contributed by atoms with van der Waals surface area (Å²) in [7, 11) is 0. The minimum absolute atomic E-state index is 0.0202. The maximum atomic E-state index is 9.95. The standard InChI is InChI=1S/C26H26N6O/c1-3-4-5-18-7-6-17(13-27)10-23(18)32-25-29-9-8-22(31-25)19-11-20(14-28)24-21(12-19)26(2,16-33)15-30-24/h6-12,30,33H,3-5,15-16H2,1-2H3,(H,29,31,32)/t26-/m1/s1. The average Bonchev–Trinajstić information content (AvgIpc) is 3.20. The number of fused-ring (bicyclic) bond motifs is 1. The normalized spacial score (nSPS) is 16.4. The van der Waals surface area contributed by atoms with Crippen molar-refractivity contribution in [1.29, 1.82) is 10.5 Å². The second kappa shape index (κ2) is 9.28. The molecule has 7 nitrogen and oxygen atoms in total. The molecule has 166 valence electrons. The van der Waals surface area contributed by atoms with Gasteiger partial charge in [-0.3, -0.25) is 0 Å². The first-order valence-electron chi connectivity index (χ1n) is 11.1. The van der Waals surface area contributed by atoms with Gasteiger partial charge in [0, 0.05) is 29.4 Å². The van der Waals surface area contributed by atoms with Crippen molar-refractivity contribution >= 4 is 17.3 Å². The smallest absolute Gasteiger partial charge is 0.227 e. The minimum Gasteiger partial charge on any atom is -0.395 e. The van der Waals surface area contributed by atoms with E-state index in [1.165, 1.54) is 0 Å². The Hall–Kier alpha value is -3.94. The highest BCUT2D eigenvalue weighted by Crippen LogP contribution is 2.41. The molecule has 3 aromatic rings. The van der Waals surface area contributed by atoms with Crippen molar-refractivity contribution in [3.05, 3.63) is 64.8 Å². The highest BCUT2D eigenvalue weighted by atomic mass is 16.3. The summed E-state index contributed by atoms with van der Waals surface area (Å²) in [6.45, 7) is 4.67. The van der Waals surface area contributed by atoms with Crippen LogP contribution in [-0.2, 0) is 11.8 Å². The lowest BCUT2D eigenvalue weighted by Gasteiger charge is -2.21. The Bertz CT molecular complexity index is 1270. The summed E-state index contributed by atoms with van der Waals surface area (Å²) >= 11 is 0. The highest BCUT2D eigenvalue weighted by Gasteiger charge is 2.35. The van der Waals surface area contributed by atoms with Crippen LogP contribution in [0.2, 0.25) is 0 Å². The summed E-state index contributed by atoms with van der Waals surface area (Å²) in [5.41, 5.74) is 5.72. The van der Waals surface area contributed by atoms with E-state index in [1.54, 1.807) is 12.3 Å². The number of nitriles is 2. The van der Waals surface area contributed by atoms with E-state index in [0.29, 0.717) is 29.3 Å². The Morgan fingerprint density at radius 3 is 2.76 bits per heavy atom. The van der Waals surface area contributed by atoms with Gasteiger partial charge in [0.2, 0.25) is 5.95 Å². The average molecular weight is 439 g/mol. The molecule has 0 aliphatic carbocycles. The Kier molecular flexibility index (Phi) is 6.26. The molecule has 0 unspecified atom stereocenters. The van der Waals surface area contributed by atoms with E-state index in [1.807, 2.05) is 37.3 Å². The summed E-state index contributed by atoms with van der Waals surface area (Å²) < 4.78 is 0. The number of aliphatic hydroxyl groups is 1. The van der Waals surface area contributed by atoms with Gasteiger partial charge in [0.05, 0.1) is 35.2 Å². The number of aryl methyl sites for hydroxylation is 1. The summed E-state index contributed by atoms with van der Waals surface area (Å²) in [4.78, 5) is 9.07. The molecule has 2 heterocycles. The zero-order valence-electron chi connectivity index (χ0n) is 18.8. The molecule has 7 heteroatoms. The molecule has 0 fully saturated rings. The van der Waals surface area contributed by atoms with E-state index in [4.69, 9.17) is 4.98 Å². The molecule has 1 aliphatic heterocycles. The summed E-state index contributed by atoms with van der Waals surface area (Å²) in [6, 6.07) is 15.7. The van der Waals surface area contributed by atoms with E-state index >= 15 is 0 Å². The van der Waals surface area contributed by atoms with Crippen LogP contribution >= 0.6 is 0 Å². The number of nitrogens with zero attached hydrogens (tertiary/aromatic N) is 4. The number of aromatic nitrogens is 2. The lowest BCUT2D eigenvalue weighted by atomic mass is 9.83. The van der Waals surface area contributed by atoms with Crippen molar-refractivity contribution in [2.75, 3.05) is 23.8 Å². The van der Waals surface area contributed by atoms with Gasteiger partial charge in [0.15, 0.2) is 0 Å². The quantitative estimate of drug-likeness (QED) is 0.491. The van der Waals surface area contributed by atoms with E-state index < -0.39 is 5.41 Å². The molecule has 33 heavy (non-hydrogen) atoms. The van der Waals surface area contributed by atoms with Crippen molar-refractivity contribution < 1.29 is 5.11 Å². The number of hydrogen-bond donors (Lipinski definition) is 3. The third-order valence-electron chi connectivity index (χ3n) is 6.15. The van der Waals surface area contributed by atoms with Gasteiger partial charge in [0.25, 0.3) is 0 Å². The van der Waals surface area contributed by atoms with Crippen LogP contribution in [-0.4, -0.2) is 28.2 Å². The van der Waals surface area contributed by atoms with Gasteiger partial charge >= 0.3 is 0 Å². The maximum absolute atomic E-state index is 9.95. The lowest BCUT2D eigenvalue weighted by Crippen LogP contribution is -2.28. The molecule has 0 saturated carbocycles. The summed E-state index contributed by atoms with van der Waals surface area (Å²) in [5.74, 6) is 0.419. The van der Waals surface area contributed by atoms with Gasteiger partial charge in [-0.05, 0) is 54.3 Å². The monoisotopic (exact) mass is 438 g/mol. The maximum Gasteiger partial charge on any atom is 0.227 e. The van der Waals surface area contributed by atoms with Gasteiger partial charge in [-0.15, -0.1) is 0 Å². The Morgan fingerprint density at radius 1 is 1.18 bits per heavy atom. The first-order chi connectivity index (χ1) is 16.0. The fourth-order valence-electron chi connectivity index (χ4n) is 4.11. The van der Waals surface area contributed by atoms with Crippen LogP contribution in [0.4, 0.5) is 17.3 Å². The third kappa shape index (κ3) is 4.37. The lowest BCUT2D eigenvalue weighted by molar-refractivity contribution is 0.219. The van der Waals surface area contributed by atoms with E-state index in [-0.39, 0.29) is 6.61 Å². The predicted octanol–water partition coefficient (Wildman–Crippen LogP) is 4.65. The van der Waals surface area contributed by atoms with Crippen molar-refractivity contribution in [1.82, 2.24) is 9.97 Å². The van der Waals surface area contributed by atoms with Crippen LogP contribution in [0.25, 0.3) is 11.3 Å². The fraction of sp³-hybridized carbons (Fsp3) is 0.308. The van der Waals surface area contributed by atoms with Crippen molar-refractivity contribution in [3.63, 3.8) is 0 Å². The van der Waals surface area contributed by atoms with E-state index in [9.17, 15) is 15.6 Å². The highest BCUT2D eigenvalue weighted by molar-refractivity contribution is 5.76. The second-order valence-electron chi connectivity index (χ2n) is 8.61. The van der Waals surface area contributed by atoms with Gasteiger partial charge < -0.3 is 15.7 Å². The van der Waals surface area contributed by atoms with E-state index in [0.717, 1.165) is 47.3 Å². The number of benzene rings is 2. The van der Waals surface area contributed by atoms with Gasteiger partial charge in [-0.1, -0.05) is 26.3 Å². The Labute approximate surface area is 193 Å². The zero-order chi connectivity index (χ0) is 23.4. The molecule has 2 aromatic carbocycles.